The van der Waals surface area contributed by atoms with E-state index in [1.807, 2.05) is 13.0 Å². The Hall–Kier alpha value is -2.04. The highest BCUT2D eigenvalue weighted by Crippen LogP contribution is 2.31. The van der Waals surface area contributed by atoms with Crippen LogP contribution in [0.4, 0.5) is 10.7 Å². The minimum absolute atomic E-state index is 0.178. The van der Waals surface area contributed by atoms with Crippen molar-refractivity contribution in [1.82, 2.24) is 0 Å². The Morgan fingerprint density at radius 1 is 1.29 bits per heavy atom. The first-order valence-electron chi connectivity index (χ1n) is 6.14. The highest BCUT2D eigenvalue weighted by molar-refractivity contribution is 7.93. The van der Waals surface area contributed by atoms with Gasteiger partial charge in [0.25, 0.3) is 10.0 Å². The normalized spacial score (nSPS) is 11.1. The number of nitrogens with two attached hydrogens (primary N) is 1. The third kappa shape index (κ3) is 2.73. The van der Waals surface area contributed by atoms with Crippen molar-refractivity contribution in [1.29, 1.82) is 5.26 Å². The molecule has 1 aromatic heterocycles. The molecule has 0 bridgehead atoms. The predicted molar refractivity (Wildman–Crippen MR) is 84.9 cm³/mol. The number of rotatable bonds is 3. The molecule has 0 aliphatic heterocycles. The first-order valence-corrected chi connectivity index (χ1v) is 8.51. The zero-order chi connectivity index (χ0) is 15.8. The van der Waals surface area contributed by atoms with Gasteiger partial charge >= 0.3 is 0 Å². The van der Waals surface area contributed by atoms with Crippen LogP contribution in [0.15, 0.2) is 22.4 Å². The first kappa shape index (κ1) is 15.4. The fourth-order valence-corrected chi connectivity index (χ4v) is 4.74. The second kappa shape index (κ2) is 5.39. The molecule has 0 atom stereocenters. The van der Waals surface area contributed by atoms with Gasteiger partial charge in [0.05, 0.1) is 10.5 Å². The number of aryl methyl sites for hydroxylation is 1. The third-order valence-corrected chi connectivity index (χ3v) is 5.94. The van der Waals surface area contributed by atoms with E-state index in [1.54, 1.807) is 31.4 Å². The van der Waals surface area contributed by atoms with Gasteiger partial charge in [-0.25, -0.2) is 8.42 Å². The van der Waals surface area contributed by atoms with Gasteiger partial charge in [-0.15, -0.1) is 11.3 Å². The van der Waals surface area contributed by atoms with Gasteiger partial charge in [0, 0.05) is 5.69 Å². The van der Waals surface area contributed by atoms with Crippen molar-refractivity contribution >= 4 is 32.0 Å². The van der Waals surface area contributed by atoms with Gasteiger partial charge in [-0.2, -0.15) is 5.26 Å². The maximum absolute atomic E-state index is 12.6. The highest BCUT2D eigenvalue weighted by atomic mass is 32.2. The minimum atomic E-state index is -3.79. The van der Waals surface area contributed by atoms with E-state index < -0.39 is 10.0 Å². The van der Waals surface area contributed by atoms with Crippen LogP contribution < -0.4 is 10.5 Å². The van der Waals surface area contributed by atoms with Gasteiger partial charge in [-0.1, -0.05) is 0 Å². The molecular weight excluding hydrogens is 306 g/mol. The number of hydrogen-bond acceptors (Lipinski definition) is 5. The van der Waals surface area contributed by atoms with Crippen LogP contribution in [0.1, 0.15) is 22.3 Å². The summed E-state index contributed by atoms with van der Waals surface area (Å²) >= 11 is 1.17. The van der Waals surface area contributed by atoms with Gasteiger partial charge < -0.3 is 5.73 Å². The molecule has 5 nitrogen and oxygen atoms in total. The van der Waals surface area contributed by atoms with Gasteiger partial charge in [0.15, 0.2) is 0 Å². The third-order valence-electron chi connectivity index (χ3n) is 3.36. The first-order chi connectivity index (χ1) is 9.77. The van der Waals surface area contributed by atoms with Crippen LogP contribution >= 0.6 is 11.3 Å². The molecule has 1 aromatic carbocycles. The maximum Gasteiger partial charge on any atom is 0.263 e. The topological polar surface area (TPSA) is 96.0 Å². The number of nitrogens with one attached hydrogen (secondary N) is 1. The Labute approximate surface area is 128 Å². The molecule has 2 aromatic rings. The summed E-state index contributed by atoms with van der Waals surface area (Å²) in [4.78, 5) is 0.178. The fourth-order valence-electron chi connectivity index (χ4n) is 2.09. The summed E-state index contributed by atoms with van der Waals surface area (Å²) in [5.41, 5.74) is 8.60. The standard InChI is InChI=1S/C14H15N3O2S2/c1-8-6-12(16)10(3)13(9(8)2)21(18,19)17-14-11(7-15)4-5-20-14/h4-6,17H,16H2,1-3H3. The Bertz CT molecular complexity index is 820. The molecule has 7 heteroatoms. The van der Waals surface area contributed by atoms with E-state index in [-0.39, 0.29) is 4.90 Å². The molecule has 0 fully saturated rings. The largest absolute Gasteiger partial charge is 0.398 e. The molecule has 1 heterocycles. The van der Waals surface area contributed by atoms with Crippen LogP contribution in [0.25, 0.3) is 0 Å². The van der Waals surface area contributed by atoms with Gasteiger partial charge in [0.1, 0.15) is 11.1 Å². The monoisotopic (exact) mass is 321 g/mol. The Morgan fingerprint density at radius 2 is 1.95 bits per heavy atom. The second-order valence-corrected chi connectivity index (χ2v) is 7.28. The lowest BCUT2D eigenvalue weighted by molar-refractivity contribution is 0.600. The quantitative estimate of drug-likeness (QED) is 0.849. The van der Waals surface area contributed by atoms with E-state index in [0.717, 1.165) is 5.56 Å². The van der Waals surface area contributed by atoms with Crippen molar-refractivity contribution in [3.63, 3.8) is 0 Å². The van der Waals surface area contributed by atoms with Crippen LogP contribution in [0.5, 0.6) is 0 Å². The molecule has 21 heavy (non-hydrogen) atoms. The molecule has 0 spiro atoms. The number of sulfonamides is 1. The number of nitriles is 1. The van der Waals surface area contributed by atoms with Crippen molar-refractivity contribution in [2.24, 2.45) is 0 Å². The summed E-state index contributed by atoms with van der Waals surface area (Å²) in [7, 11) is -3.79. The number of thiophene rings is 1. The lowest BCUT2D eigenvalue weighted by Gasteiger charge is -2.16. The van der Waals surface area contributed by atoms with E-state index >= 15 is 0 Å². The van der Waals surface area contributed by atoms with Crippen molar-refractivity contribution in [3.05, 3.63) is 39.8 Å². The summed E-state index contributed by atoms with van der Waals surface area (Å²) < 4.78 is 27.8. The summed E-state index contributed by atoms with van der Waals surface area (Å²) in [6, 6.07) is 5.30. The fraction of sp³-hybridized carbons (Fsp3) is 0.214. The molecule has 0 aliphatic rings. The molecular formula is C14H15N3O2S2. The number of anilines is 2. The Kier molecular flexibility index (Phi) is 3.94. The van der Waals surface area contributed by atoms with E-state index in [4.69, 9.17) is 11.0 Å². The van der Waals surface area contributed by atoms with Crippen molar-refractivity contribution < 1.29 is 8.42 Å². The number of nitrogen functional groups attached to an aromatic ring is 1. The number of benzene rings is 1. The summed E-state index contributed by atoms with van der Waals surface area (Å²) in [6.07, 6.45) is 0. The minimum Gasteiger partial charge on any atom is -0.398 e. The van der Waals surface area contributed by atoms with Crippen LogP contribution in [0, 0.1) is 32.1 Å². The highest BCUT2D eigenvalue weighted by Gasteiger charge is 2.23. The molecule has 0 unspecified atom stereocenters. The van der Waals surface area contributed by atoms with E-state index in [9.17, 15) is 8.42 Å². The van der Waals surface area contributed by atoms with Crippen LogP contribution in [-0.4, -0.2) is 8.42 Å². The average molecular weight is 321 g/mol. The van der Waals surface area contributed by atoms with Crippen LogP contribution in [0.3, 0.4) is 0 Å². The summed E-state index contributed by atoms with van der Waals surface area (Å²) in [6.45, 7) is 5.24. The van der Waals surface area contributed by atoms with Crippen molar-refractivity contribution in [2.45, 2.75) is 25.7 Å². The molecule has 0 saturated heterocycles. The zero-order valence-corrected chi connectivity index (χ0v) is 13.5. The van der Waals surface area contributed by atoms with Crippen molar-refractivity contribution in [2.75, 3.05) is 10.5 Å². The number of hydrogen-bond donors (Lipinski definition) is 2. The lowest BCUT2D eigenvalue weighted by atomic mass is 10.1. The second-order valence-electron chi connectivity index (χ2n) is 4.74. The average Bonchev–Trinajstić information content (AvgIpc) is 2.82. The van der Waals surface area contributed by atoms with E-state index in [1.165, 1.54) is 11.3 Å². The summed E-state index contributed by atoms with van der Waals surface area (Å²) in [5, 5.41) is 11.0. The van der Waals surface area contributed by atoms with Crippen LogP contribution in [-0.2, 0) is 10.0 Å². The number of nitrogens with zero attached hydrogens (tertiary/aromatic N) is 1. The zero-order valence-electron chi connectivity index (χ0n) is 11.9. The molecule has 2 rings (SSSR count). The maximum atomic E-state index is 12.6. The molecule has 0 saturated carbocycles. The Balaban J connectivity index is 2.59. The molecule has 0 radical (unpaired) electrons. The summed E-state index contributed by atoms with van der Waals surface area (Å²) in [5.74, 6) is 0. The van der Waals surface area contributed by atoms with Gasteiger partial charge in [0.2, 0.25) is 0 Å². The molecule has 3 N–H and O–H groups in total. The molecule has 0 amide bonds. The Morgan fingerprint density at radius 3 is 2.57 bits per heavy atom. The van der Waals surface area contributed by atoms with Gasteiger partial charge in [-0.05, 0) is 55.0 Å². The molecule has 0 aliphatic carbocycles. The van der Waals surface area contributed by atoms with E-state index in [0.29, 0.717) is 27.4 Å². The van der Waals surface area contributed by atoms with Crippen molar-refractivity contribution in [3.8, 4) is 6.07 Å². The smallest absolute Gasteiger partial charge is 0.263 e. The predicted octanol–water partition coefficient (Wildman–Crippen LogP) is 2.93. The van der Waals surface area contributed by atoms with Crippen LogP contribution in [0.2, 0.25) is 0 Å². The van der Waals surface area contributed by atoms with E-state index in [2.05, 4.69) is 4.72 Å². The molecule has 110 valence electrons. The van der Waals surface area contributed by atoms with Gasteiger partial charge in [-0.3, -0.25) is 4.72 Å². The lowest BCUT2D eigenvalue weighted by Crippen LogP contribution is -2.17. The SMILES string of the molecule is Cc1cc(N)c(C)c(S(=O)(=O)Nc2sccc2C#N)c1C.